The van der Waals surface area contributed by atoms with Crippen molar-refractivity contribution in [1.29, 1.82) is 0 Å². The van der Waals surface area contributed by atoms with Crippen LogP contribution in [0.2, 0.25) is 0 Å². The van der Waals surface area contributed by atoms with E-state index in [1.807, 2.05) is 0 Å². The third-order valence-electron chi connectivity index (χ3n) is 2.47. The number of ether oxygens (including phenoxy) is 1. The molecule has 0 unspecified atom stereocenters. The van der Waals surface area contributed by atoms with Gasteiger partial charge >= 0.3 is 0 Å². The molecule has 98 valence electrons. The largest absolute Gasteiger partial charge is 0.396 e. The molecular formula is C8H22N4O4. The van der Waals surface area contributed by atoms with Gasteiger partial charge in [-0.15, -0.1) is 0 Å². The van der Waals surface area contributed by atoms with E-state index in [0.717, 1.165) is 0 Å². The highest BCUT2D eigenvalue weighted by molar-refractivity contribution is 4.89. The van der Waals surface area contributed by atoms with E-state index >= 15 is 0 Å². The number of rotatable bonds is 7. The second-order valence-corrected chi connectivity index (χ2v) is 4.34. The van der Waals surface area contributed by atoms with Crippen LogP contribution in [0.5, 0.6) is 0 Å². The Morgan fingerprint density at radius 2 is 1.31 bits per heavy atom. The average Bonchev–Trinajstić information content (AvgIpc) is 2.19. The molecular weight excluding hydrogens is 216 g/mol. The molecule has 0 heterocycles. The molecule has 0 amide bonds. The zero-order valence-electron chi connectivity index (χ0n) is 9.39. The lowest BCUT2D eigenvalue weighted by molar-refractivity contribution is -0.143. The van der Waals surface area contributed by atoms with Crippen LogP contribution in [0.4, 0.5) is 0 Å². The van der Waals surface area contributed by atoms with Crippen LogP contribution in [-0.2, 0) is 4.74 Å². The Kier molecular flexibility index (Phi) is 5.23. The Labute approximate surface area is 94.1 Å². The number of hydrogen-bond donors (Lipinski definition) is 7. The fourth-order valence-corrected chi connectivity index (χ4v) is 0.715. The average molecular weight is 238 g/mol. The molecule has 16 heavy (non-hydrogen) atoms. The first kappa shape index (κ1) is 15.7. The van der Waals surface area contributed by atoms with E-state index in [0.29, 0.717) is 0 Å². The first-order valence-corrected chi connectivity index (χ1v) is 4.76. The van der Waals surface area contributed by atoms with Gasteiger partial charge in [-0.3, -0.25) is 11.5 Å². The third-order valence-corrected chi connectivity index (χ3v) is 2.47. The molecule has 0 aromatic rings. The summed E-state index contributed by atoms with van der Waals surface area (Å²) in [5, 5.41) is 27.1. The lowest BCUT2D eigenvalue weighted by Gasteiger charge is -2.39. The van der Waals surface area contributed by atoms with Crippen LogP contribution >= 0.6 is 0 Å². The molecule has 0 fully saturated rings. The summed E-state index contributed by atoms with van der Waals surface area (Å²) in [5.74, 6) is -1.84. The van der Waals surface area contributed by atoms with Gasteiger partial charge in [0.05, 0.1) is 31.8 Å². The Hall–Kier alpha value is -0.320. The Morgan fingerprint density at radius 1 is 0.938 bits per heavy atom. The molecule has 11 N–H and O–H groups in total. The normalized spacial score (nSPS) is 14.2. The third kappa shape index (κ3) is 3.61. The highest BCUT2D eigenvalue weighted by Gasteiger charge is 2.40. The van der Waals surface area contributed by atoms with Crippen LogP contribution in [0.25, 0.3) is 0 Å². The van der Waals surface area contributed by atoms with Gasteiger partial charge in [0.25, 0.3) is 0 Å². The van der Waals surface area contributed by atoms with Crippen LogP contribution in [0.15, 0.2) is 0 Å². The highest BCUT2D eigenvalue weighted by Crippen LogP contribution is 2.18. The predicted octanol–water partition coefficient (Wildman–Crippen LogP) is -3.83. The Bertz CT molecular complexity index is 202. The van der Waals surface area contributed by atoms with Crippen molar-refractivity contribution in [2.45, 2.75) is 18.4 Å². The van der Waals surface area contributed by atoms with Gasteiger partial charge in [-0.2, -0.15) is 0 Å². The monoisotopic (exact) mass is 238 g/mol. The maximum Gasteiger partial charge on any atom is 0.201 e. The zero-order valence-corrected chi connectivity index (χ0v) is 9.39. The van der Waals surface area contributed by atoms with E-state index in [1.165, 1.54) is 6.92 Å². The molecule has 0 spiro atoms. The lowest BCUT2D eigenvalue weighted by Crippen LogP contribution is -2.76. The lowest BCUT2D eigenvalue weighted by atomic mass is 9.92. The van der Waals surface area contributed by atoms with E-state index in [4.69, 9.17) is 43.0 Å². The minimum atomic E-state index is -1.84. The minimum absolute atomic E-state index is 0.270. The second kappa shape index (κ2) is 5.34. The van der Waals surface area contributed by atoms with E-state index < -0.39 is 36.7 Å². The summed E-state index contributed by atoms with van der Waals surface area (Å²) >= 11 is 0. The summed E-state index contributed by atoms with van der Waals surface area (Å²) in [4.78, 5) is 0. The maximum atomic E-state index is 9.03. The molecule has 0 aliphatic heterocycles. The number of aliphatic hydroxyl groups excluding tert-OH is 3. The van der Waals surface area contributed by atoms with Gasteiger partial charge in [0.2, 0.25) is 5.85 Å². The molecule has 8 heteroatoms. The van der Waals surface area contributed by atoms with Crippen LogP contribution in [0.1, 0.15) is 6.92 Å². The summed E-state index contributed by atoms with van der Waals surface area (Å²) in [5.41, 5.74) is 19.3. The van der Waals surface area contributed by atoms with Gasteiger partial charge in [0.1, 0.15) is 5.66 Å². The molecule has 0 saturated heterocycles. The van der Waals surface area contributed by atoms with Crippen molar-refractivity contribution in [3.05, 3.63) is 0 Å². The molecule has 0 bridgehead atoms. The predicted molar refractivity (Wildman–Crippen MR) is 57.5 cm³/mol. The minimum Gasteiger partial charge on any atom is -0.396 e. The summed E-state index contributed by atoms with van der Waals surface area (Å²) in [6.07, 6.45) is 0. The molecule has 0 aliphatic rings. The molecule has 0 rings (SSSR count). The summed E-state index contributed by atoms with van der Waals surface area (Å²) < 4.78 is 5.06. The Balaban J connectivity index is 4.54. The van der Waals surface area contributed by atoms with Gasteiger partial charge < -0.3 is 31.5 Å². The standard InChI is InChI=1S/C8H22N4O4/c1-6(9,10)8(11,12)16-5-7(2-13,3-14)4-15/h13-15H,2-5,9-12H2,1H3. The second-order valence-electron chi connectivity index (χ2n) is 4.34. The van der Waals surface area contributed by atoms with Crippen molar-refractivity contribution in [2.24, 2.45) is 28.3 Å². The van der Waals surface area contributed by atoms with Gasteiger partial charge in [-0.1, -0.05) is 0 Å². The van der Waals surface area contributed by atoms with Gasteiger partial charge in [0, 0.05) is 0 Å². The van der Waals surface area contributed by atoms with Gasteiger partial charge in [0.15, 0.2) is 0 Å². The molecule has 0 aliphatic carbocycles. The summed E-state index contributed by atoms with van der Waals surface area (Å²) in [6, 6.07) is 0. The number of nitrogens with two attached hydrogens (primary N) is 4. The van der Waals surface area contributed by atoms with E-state index in [1.54, 1.807) is 0 Å². The van der Waals surface area contributed by atoms with Crippen molar-refractivity contribution >= 4 is 0 Å². The van der Waals surface area contributed by atoms with Crippen LogP contribution in [0, 0.1) is 5.41 Å². The van der Waals surface area contributed by atoms with Crippen molar-refractivity contribution in [1.82, 2.24) is 0 Å². The fraction of sp³-hybridized carbons (Fsp3) is 1.00. The topological polar surface area (TPSA) is 174 Å². The van der Waals surface area contributed by atoms with E-state index in [9.17, 15) is 0 Å². The molecule has 0 atom stereocenters. The zero-order chi connectivity index (χ0) is 13.0. The van der Waals surface area contributed by atoms with Crippen LogP contribution in [0.3, 0.4) is 0 Å². The van der Waals surface area contributed by atoms with Crippen LogP contribution in [-0.4, -0.2) is 53.3 Å². The van der Waals surface area contributed by atoms with Crippen molar-refractivity contribution in [3.8, 4) is 0 Å². The summed E-state index contributed by atoms with van der Waals surface area (Å²) in [7, 11) is 0. The molecule has 0 saturated carbocycles. The van der Waals surface area contributed by atoms with Crippen molar-refractivity contribution in [2.75, 3.05) is 26.4 Å². The quantitative estimate of drug-likeness (QED) is 0.221. The number of hydrogen-bond acceptors (Lipinski definition) is 8. The molecule has 0 aromatic carbocycles. The van der Waals surface area contributed by atoms with Crippen molar-refractivity contribution in [3.63, 3.8) is 0 Å². The van der Waals surface area contributed by atoms with Gasteiger partial charge in [-0.25, -0.2) is 0 Å². The number of aliphatic hydroxyl groups is 3. The molecule has 0 radical (unpaired) electrons. The molecule has 8 nitrogen and oxygen atoms in total. The first-order valence-electron chi connectivity index (χ1n) is 4.76. The van der Waals surface area contributed by atoms with Crippen molar-refractivity contribution < 1.29 is 20.1 Å². The SMILES string of the molecule is CC(N)(N)C(N)(N)OCC(CO)(CO)CO. The maximum absolute atomic E-state index is 9.03. The van der Waals surface area contributed by atoms with E-state index in [-0.39, 0.29) is 6.61 Å². The fourth-order valence-electron chi connectivity index (χ4n) is 0.715. The smallest absolute Gasteiger partial charge is 0.201 e. The van der Waals surface area contributed by atoms with Gasteiger partial charge in [-0.05, 0) is 6.92 Å². The highest BCUT2D eigenvalue weighted by atomic mass is 16.5. The molecule has 0 aromatic heterocycles. The van der Waals surface area contributed by atoms with Crippen LogP contribution < -0.4 is 22.9 Å². The summed E-state index contributed by atoms with van der Waals surface area (Å²) in [6.45, 7) is -0.356. The first-order chi connectivity index (χ1) is 7.14. The Morgan fingerprint density at radius 3 is 1.56 bits per heavy atom. The van der Waals surface area contributed by atoms with E-state index in [2.05, 4.69) is 0 Å².